The monoisotopic (exact) mass is 221 g/mol. The molecule has 84 valence electrons. The van der Waals surface area contributed by atoms with Crippen LogP contribution in [0.5, 0.6) is 0 Å². The number of ether oxygens (including phenoxy) is 2. The fourth-order valence-corrected chi connectivity index (χ4v) is 1.92. The molecule has 1 fully saturated rings. The molecule has 0 radical (unpaired) electrons. The van der Waals surface area contributed by atoms with Crippen molar-refractivity contribution in [2.45, 2.75) is 5.60 Å². The largest absolute Gasteiger partial charge is 0.417 e. The maximum Gasteiger partial charge on any atom is 0.417 e. The van der Waals surface area contributed by atoms with E-state index in [4.69, 9.17) is 13.9 Å². The summed E-state index contributed by atoms with van der Waals surface area (Å²) in [5.41, 5.74) is 1.83. The van der Waals surface area contributed by atoms with Gasteiger partial charge in [0.05, 0.1) is 18.7 Å². The van der Waals surface area contributed by atoms with Crippen molar-refractivity contribution in [3.8, 4) is 0 Å². The van der Waals surface area contributed by atoms with Gasteiger partial charge in [0.25, 0.3) is 0 Å². The number of fused-ring (bicyclic) bond motifs is 1. The van der Waals surface area contributed by atoms with Crippen molar-refractivity contribution in [2.75, 3.05) is 20.3 Å². The molecule has 0 saturated carbocycles. The van der Waals surface area contributed by atoms with Crippen molar-refractivity contribution >= 4 is 11.1 Å². The number of H-pyrrole nitrogens is 1. The van der Waals surface area contributed by atoms with Gasteiger partial charge in [-0.15, -0.1) is 0 Å². The van der Waals surface area contributed by atoms with Gasteiger partial charge < -0.3 is 13.9 Å². The van der Waals surface area contributed by atoms with Crippen molar-refractivity contribution in [2.24, 2.45) is 0 Å². The third kappa shape index (κ3) is 1.22. The summed E-state index contributed by atoms with van der Waals surface area (Å²) in [4.78, 5) is 13.6. The summed E-state index contributed by atoms with van der Waals surface area (Å²) in [5, 5.41) is 0. The molecule has 1 aromatic heterocycles. The summed E-state index contributed by atoms with van der Waals surface area (Å²) in [6.45, 7) is 1.06. The van der Waals surface area contributed by atoms with Crippen LogP contribution in [0.2, 0.25) is 0 Å². The fraction of sp³-hybridized carbons (Fsp3) is 0.364. The number of aromatic nitrogens is 1. The zero-order valence-corrected chi connectivity index (χ0v) is 8.78. The minimum atomic E-state index is -0.441. The molecule has 3 rings (SSSR count). The zero-order chi connectivity index (χ0) is 11.2. The zero-order valence-electron chi connectivity index (χ0n) is 8.78. The Bertz CT molecular complexity index is 573. The summed E-state index contributed by atoms with van der Waals surface area (Å²) >= 11 is 0. The maximum atomic E-state index is 11.0. The van der Waals surface area contributed by atoms with Crippen LogP contribution in [0.3, 0.4) is 0 Å². The summed E-state index contributed by atoms with van der Waals surface area (Å²) in [6.07, 6.45) is 0. The molecule has 0 unspecified atom stereocenters. The molecule has 1 saturated heterocycles. The SMILES string of the molecule is COC1(c2ccc3[nH]c(=O)oc3c2)COC1. The second-order valence-electron chi connectivity index (χ2n) is 3.92. The van der Waals surface area contributed by atoms with Crippen LogP contribution in [0.4, 0.5) is 0 Å². The highest BCUT2D eigenvalue weighted by Crippen LogP contribution is 2.34. The molecule has 5 nitrogen and oxygen atoms in total. The van der Waals surface area contributed by atoms with E-state index in [0.29, 0.717) is 24.3 Å². The summed E-state index contributed by atoms with van der Waals surface area (Å²) in [6, 6.07) is 5.55. The van der Waals surface area contributed by atoms with Crippen molar-refractivity contribution < 1.29 is 13.9 Å². The van der Waals surface area contributed by atoms with E-state index in [-0.39, 0.29) is 5.60 Å². The number of benzene rings is 1. The third-order valence-electron chi connectivity index (χ3n) is 3.01. The second kappa shape index (κ2) is 3.20. The lowest BCUT2D eigenvalue weighted by Crippen LogP contribution is -2.48. The topological polar surface area (TPSA) is 64.5 Å². The summed E-state index contributed by atoms with van der Waals surface area (Å²) in [7, 11) is 1.65. The molecule has 1 N–H and O–H groups in total. The van der Waals surface area contributed by atoms with Crippen LogP contribution in [0.1, 0.15) is 5.56 Å². The number of rotatable bonds is 2. The van der Waals surface area contributed by atoms with Gasteiger partial charge in [-0.3, -0.25) is 4.98 Å². The Hall–Kier alpha value is -1.59. The average Bonchev–Trinajstić information content (AvgIpc) is 2.56. The number of hydrogen-bond acceptors (Lipinski definition) is 4. The standard InChI is InChI=1S/C11H11NO4/c1-14-11(5-15-6-11)7-2-3-8-9(4-7)16-10(13)12-8/h2-4H,5-6H2,1H3,(H,12,13). The van der Waals surface area contributed by atoms with Gasteiger partial charge in [-0.1, -0.05) is 6.07 Å². The minimum absolute atomic E-state index is 0.385. The van der Waals surface area contributed by atoms with Crippen LogP contribution in [0.15, 0.2) is 27.4 Å². The second-order valence-corrected chi connectivity index (χ2v) is 3.92. The molecule has 5 heteroatoms. The first kappa shape index (κ1) is 9.62. The van der Waals surface area contributed by atoms with Crippen LogP contribution < -0.4 is 5.76 Å². The van der Waals surface area contributed by atoms with Crippen molar-refractivity contribution in [1.82, 2.24) is 4.98 Å². The molecule has 1 aliphatic heterocycles. The van der Waals surface area contributed by atoms with E-state index in [2.05, 4.69) is 4.98 Å². The van der Waals surface area contributed by atoms with Gasteiger partial charge in [0.2, 0.25) is 0 Å². The fourth-order valence-electron chi connectivity index (χ4n) is 1.92. The Morgan fingerprint density at radius 2 is 2.25 bits per heavy atom. The normalized spacial score (nSPS) is 18.6. The van der Waals surface area contributed by atoms with Crippen LogP contribution in [-0.2, 0) is 15.1 Å². The smallest absolute Gasteiger partial charge is 0.408 e. The van der Waals surface area contributed by atoms with E-state index in [0.717, 1.165) is 5.56 Å². The van der Waals surface area contributed by atoms with E-state index >= 15 is 0 Å². The Labute approximate surface area is 91.0 Å². The molecule has 0 spiro atoms. The lowest BCUT2D eigenvalue weighted by atomic mass is 9.91. The summed E-state index contributed by atoms with van der Waals surface area (Å²) in [5.74, 6) is -0.441. The molecule has 0 atom stereocenters. The minimum Gasteiger partial charge on any atom is -0.408 e. The molecule has 2 heterocycles. The number of nitrogens with one attached hydrogen (secondary N) is 1. The first-order valence-electron chi connectivity index (χ1n) is 5.00. The highest BCUT2D eigenvalue weighted by Gasteiger charge is 2.40. The van der Waals surface area contributed by atoms with Crippen LogP contribution in [0.25, 0.3) is 11.1 Å². The highest BCUT2D eigenvalue weighted by atomic mass is 16.6. The molecule has 0 amide bonds. The lowest BCUT2D eigenvalue weighted by Gasteiger charge is -2.40. The van der Waals surface area contributed by atoms with E-state index in [1.165, 1.54) is 0 Å². The Balaban J connectivity index is 2.14. The number of aromatic amines is 1. The lowest BCUT2D eigenvalue weighted by molar-refractivity contribution is -0.202. The van der Waals surface area contributed by atoms with E-state index < -0.39 is 5.76 Å². The van der Waals surface area contributed by atoms with Gasteiger partial charge in [0.15, 0.2) is 5.58 Å². The predicted octanol–water partition coefficient (Wildman–Crippen LogP) is 0.993. The first-order chi connectivity index (χ1) is 7.73. The Morgan fingerprint density at radius 1 is 1.44 bits per heavy atom. The average molecular weight is 221 g/mol. The van der Waals surface area contributed by atoms with Gasteiger partial charge in [0.1, 0.15) is 5.60 Å². The Morgan fingerprint density at radius 3 is 2.88 bits per heavy atom. The van der Waals surface area contributed by atoms with Crippen molar-refractivity contribution in [3.63, 3.8) is 0 Å². The third-order valence-corrected chi connectivity index (χ3v) is 3.01. The molecule has 0 bridgehead atoms. The number of hydrogen-bond donors (Lipinski definition) is 1. The molecule has 2 aromatic rings. The Kier molecular flexibility index (Phi) is 1.92. The highest BCUT2D eigenvalue weighted by molar-refractivity contribution is 5.73. The van der Waals surface area contributed by atoms with Gasteiger partial charge >= 0.3 is 5.76 Å². The number of oxazole rings is 1. The molecule has 16 heavy (non-hydrogen) atoms. The predicted molar refractivity (Wildman–Crippen MR) is 56.3 cm³/mol. The van der Waals surface area contributed by atoms with E-state index in [9.17, 15) is 4.79 Å². The van der Waals surface area contributed by atoms with E-state index in [1.807, 2.05) is 18.2 Å². The quantitative estimate of drug-likeness (QED) is 0.821. The van der Waals surface area contributed by atoms with Gasteiger partial charge in [0, 0.05) is 7.11 Å². The first-order valence-corrected chi connectivity index (χ1v) is 5.00. The molecule has 1 aliphatic rings. The van der Waals surface area contributed by atoms with Crippen LogP contribution in [-0.4, -0.2) is 25.3 Å². The van der Waals surface area contributed by atoms with Crippen LogP contribution in [0, 0.1) is 0 Å². The van der Waals surface area contributed by atoms with Crippen molar-refractivity contribution in [3.05, 3.63) is 34.3 Å². The maximum absolute atomic E-state index is 11.0. The molecular formula is C11H11NO4. The molecule has 0 aliphatic carbocycles. The summed E-state index contributed by atoms with van der Waals surface area (Å²) < 4.78 is 15.6. The van der Waals surface area contributed by atoms with Crippen molar-refractivity contribution in [1.29, 1.82) is 0 Å². The van der Waals surface area contributed by atoms with Gasteiger partial charge in [-0.05, 0) is 17.7 Å². The molecule has 1 aromatic carbocycles. The van der Waals surface area contributed by atoms with Gasteiger partial charge in [-0.25, -0.2) is 4.79 Å². The van der Waals surface area contributed by atoms with E-state index in [1.54, 1.807) is 7.11 Å². The van der Waals surface area contributed by atoms with Gasteiger partial charge in [-0.2, -0.15) is 0 Å². The number of methoxy groups -OCH3 is 1. The molecular weight excluding hydrogens is 210 g/mol. The van der Waals surface area contributed by atoms with Crippen LogP contribution >= 0.6 is 0 Å².